The van der Waals surface area contributed by atoms with Crippen LogP contribution in [0.1, 0.15) is 40.3 Å². The van der Waals surface area contributed by atoms with Crippen LogP contribution in [-0.2, 0) is 23.6 Å². The Balaban J connectivity index is 1.77. The number of anilines is 1. The van der Waals surface area contributed by atoms with Gasteiger partial charge < -0.3 is 0 Å². The van der Waals surface area contributed by atoms with Gasteiger partial charge in [-0.3, -0.25) is 9.69 Å². The number of amides is 1. The third-order valence-electron chi connectivity index (χ3n) is 5.75. The van der Waals surface area contributed by atoms with Crippen LogP contribution in [0.15, 0.2) is 48.5 Å². The van der Waals surface area contributed by atoms with Crippen molar-refractivity contribution in [2.75, 3.05) is 11.4 Å². The average Bonchev–Trinajstić information content (AvgIpc) is 2.95. The van der Waals surface area contributed by atoms with Crippen molar-refractivity contribution in [1.82, 2.24) is 10.2 Å². The Morgan fingerprint density at radius 1 is 0.973 bits per heavy atom. The van der Waals surface area contributed by atoms with Gasteiger partial charge in [0.15, 0.2) is 5.15 Å². The molecule has 0 radical (unpaired) electrons. The first-order chi connectivity index (χ1) is 17.3. The summed E-state index contributed by atoms with van der Waals surface area (Å²) in [6.07, 6.45) is -10.3. The molecule has 3 aromatic rings. The quantitative estimate of drug-likeness (QED) is 0.278. The van der Waals surface area contributed by atoms with E-state index in [0.29, 0.717) is 17.7 Å². The van der Waals surface area contributed by atoms with Gasteiger partial charge >= 0.3 is 12.4 Å². The van der Waals surface area contributed by atoms with E-state index < -0.39 is 46.7 Å². The number of alkyl halides is 6. The number of aryl methyl sites for hydroxylation is 1. The zero-order valence-electron chi connectivity index (χ0n) is 18.6. The fourth-order valence-electron chi connectivity index (χ4n) is 4.07. The van der Waals surface area contributed by atoms with Crippen LogP contribution >= 0.6 is 11.6 Å². The van der Waals surface area contributed by atoms with E-state index in [1.54, 1.807) is 0 Å². The molecule has 1 unspecified atom stereocenters. The summed E-state index contributed by atoms with van der Waals surface area (Å²) in [6, 6.07) is 7.67. The molecular formula is C25H15ClF7N3O. The molecule has 1 amide bonds. The summed E-state index contributed by atoms with van der Waals surface area (Å²) in [7, 11) is 0. The van der Waals surface area contributed by atoms with Gasteiger partial charge in [0.1, 0.15) is 11.5 Å². The van der Waals surface area contributed by atoms with Gasteiger partial charge in [-0.15, -0.1) is 10.2 Å². The van der Waals surface area contributed by atoms with Gasteiger partial charge in [-0.05, 0) is 72.4 Å². The van der Waals surface area contributed by atoms with Gasteiger partial charge in [-0.1, -0.05) is 23.6 Å². The molecule has 0 N–H and O–H groups in total. The molecule has 192 valence electrons. The number of carbonyl (C=O) groups excluding carboxylic acids is 1. The van der Waals surface area contributed by atoms with Gasteiger partial charge in [0.05, 0.1) is 23.6 Å². The van der Waals surface area contributed by atoms with Crippen LogP contribution in [-0.4, -0.2) is 22.6 Å². The second-order valence-corrected chi connectivity index (χ2v) is 8.52. The van der Waals surface area contributed by atoms with Crippen LogP contribution in [0.2, 0.25) is 5.15 Å². The highest BCUT2D eigenvalue weighted by atomic mass is 35.5. The summed E-state index contributed by atoms with van der Waals surface area (Å²) in [5.41, 5.74) is -2.83. The molecule has 0 bridgehead atoms. The molecule has 4 nitrogen and oxygen atoms in total. The predicted molar refractivity (Wildman–Crippen MR) is 120 cm³/mol. The first kappa shape index (κ1) is 26.4. The molecule has 2 heterocycles. The number of carbonyl (C=O) groups is 1. The molecule has 0 fully saturated rings. The number of rotatable bonds is 2. The Morgan fingerprint density at radius 3 is 2.38 bits per heavy atom. The van der Waals surface area contributed by atoms with E-state index in [4.69, 9.17) is 11.6 Å². The summed E-state index contributed by atoms with van der Waals surface area (Å²) in [6.45, 7) is -0.305. The zero-order valence-corrected chi connectivity index (χ0v) is 19.3. The first-order valence-electron chi connectivity index (χ1n) is 10.7. The Labute approximate surface area is 211 Å². The highest BCUT2D eigenvalue weighted by Crippen LogP contribution is 2.42. The van der Waals surface area contributed by atoms with Crippen LogP contribution in [0, 0.1) is 17.7 Å². The largest absolute Gasteiger partial charge is 0.416 e. The van der Waals surface area contributed by atoms with Crippen LogP contribution < -0.4 is 4.90 Å². The number of hydrogen-bond acceptors (Lipinski definition) is 3. The lowest BCUT2D eigenvalue weighted by atomic mass is 9.88. The van der Waals surface area contributed by atoms with E-state index >= 15 is 0 Å². The summed E-state index contributed by atoms with van der Waals surface area (Å²) < 4.78 is 94.9. The maximum atomic E-state index is 13.9. The minimum atomic E-state index is -5.15. The SMILES string of the molecule is O=C1C(c2ccc(C(F)(F)F)cc2C(F)(F)F)CCc2cc(F)ccc2N1CC#Cc1ccc(Cl)nn1. The Morgan fingerprint density at radius 2 is 1.73 bits per heavy atom. The van der Waals surface area contributed by atoms with Crippen LogP contribution in [0.3, 0.4) is 0 Å². The summed E-state index contributed by atoms with van der Waals surface area (Å²) >= 11 is 5.68. The molecule has 1 aliphatic rings. The molecule has 0 spiro atoms. The normalized spacial score (nSPS) is 16.1. The number of hydrogen-bond donors (Lipinski definition) is 0. The van der Waals surface area contributed by atoms with E-state index in [0.717, 1.165) is 17.0 Å². The Hall–Kier alpha value is -3.65. The van der Waals surface area contributed by atoms with Gasteiger partial charge in [0.25, 0.3) is 0 Å². The lowest BCUT2D eigenvalue weighted by Crippen LogP contribution is -2.35. The minimum absolute atomic E-state index is 0.00364. The van der Waals surface area contributed by atoms with Gasteiger partial charge in [-0.2, -0.15) is 26.3 Å². The first-order valence-corrected chi connectivity index (χ1v) is 11.1. The molecule has 0 saturated carbocycles. The molecular weight excluding hydrogens is 527 g/mol. The Bertz CT molecular complexity index is 1390. The highest BCUT2D eigenvalue weighted by molar-refractivity contribution is 6.29. The van der Waals surface area contributed by atoms with Crippen LogP contribution in [0.4, 0.5) is 36.4 Å². The molecule has 37 heavy (non-hydrogen) atoms. The minimum Gasteiger partial charge on any atom is -0.300 e. The number of nitrogens with zero attached hydrogens (tertiary/aromatic N) is 3. The van der Waals surface area contributed by atoms with E-state index in [2.05, 4.69) is 22.0 Å². The lowest BCUT2D eigenvalue weighted by Gasteiger charge is -2.26. The maximum absolute atomic E-state index is 13.9. The van der Waals surface area contributed by atoms with E-state index in [1.807, 2.05) is 0 Å². The van der Waals surface area contributed by atoms with E-state index in [9.17, 15) is 35.5 Å². The topological polar surface area (TPSA) is 46.1 Å². The summed E-state index contributed by atoms with van der Waals surface area (Å²) in [5, 5.41) is 7.52. The van der Waals surface area contributed by atoms with Gasteiger partial charge in [0, 0.05) is 5.69 Å². The second kappa shape index (κ2) is 10.0. The summed E-state index contributed by atoms with van der Waals surface area (Å²) in [5.74, 6) is 2.48. The van der Waals surface area contributed by atoms with Crippen molar-refractivity contribution in [1.29, 1.82) is 0 Å². The monoisotopic (exact) mass is 541 g/mol. The van der Waals surface area contributed by atoms with Gasteiger partial charge in [-0.25, -0.2) is 4.39 Å². The zero-order chi connectivity index (χ0) is 27.0. The predicted octanol–water partition coefficient (Wildman–Crippen LogP) is 6.42. The van der Waals surface area contributed by atoms with Gasteiger partial charge in [0.2, 0.25) is 5.91 Å². The fourth-order valence-corrected chi connectivity index (χ4v) is 4.17. The Kier molecular flexibility index (Phi) is 7.15. The third-order valence-corrected chi connectivity index (χ3v) is 5.95. The molecule has 2 aromatic carbocycles. The fraction of sp³-hybridized carbons (Fsp3) is 0.240. The van der Waals surface area contributed by atoms with E-state index in [-0.39, 0.29) is 42.0 Å². The molecule has 1 aliphatic heterocycles. The number of halogens is 8. The highest BCUT2D eigenvalue weighted by Gasteiger charge is 2.42. The number of fused-ring (bicyclic) bond motifs is 1. The van der Waals surface area contributed by atoms with Crippen molar-refractivity contribution < 1.29 is 35.5 Å². The average molecular weight is 542 g/mol. The maximum Gasteiger partial charge on any atom is 0.416 e. The van der Waals surface area contributed by atoms with Crippen LogP contribution in [0.25, 0.3) is 0 Å². The van der Waals surface area contributed by atoms with Crippen LogP contribution in [0.5, 0.6) is 0 Å². The van der Waals surface area contributed by atoms with Crippen molar-refractivity contribution in [2.45, 2.75) is 31.1 Å². The molecule has 1 aromatic heterocycles. The lowest BCUT2D eigenvalue weighted by molar-refractivity contribution is -0.143. The van der Waals surface area contributed by atoms with Crippen molar-refractivity contribution in [3.8, 4) is 11.8 Å². The second-order valence-electron chi connectivity index (χ2n) is 8.13. The summed E-state index contributed by atoms with van der Waals surface area (Å²) in [4.78, 5) is 14.7. The standard InChI is InChI=1S/C25H15ClF7N3O/c26-22-10-6-17(34-35-22)2-1-11-36-21-9-5-16(27)12-14(21)3-7-19(23(36)37)18-8-4-15(24(28,29)30)13-20(18)25(31,32)33/h4-6,8-10,12-13,19H,3,7,11H2. The third kappa shape index (κ3) is 5.85. The van der Waals surface area contributed by atoms with Crippen molar-refractivity contribution in [3.63, 3.8) is 0 Å². The number of aromatic nitrogens is 2. The molecule has 0 aliphatic carbocycles. The molecule has 12 heteroatoms. The van der Waals surface area contributed by atoms with E-state index in [1.165, 1.54) is 18.2 Å². The smallest absolute Gasteiger partial charge is 0.300 e. The van der Waals surface area contributed by atoms with Crippen molar-refractivity contribution in [3.05, 3.63) is 87.4 Å². The number of benzene rings is 2. The molecule has 0 saturated heterocycles. The van der Waals surface area contributed by atoms with Crippen molar-refractivity contribution in [2.24, 2.45) is 0 Å². The molecule has 1 atom stereocenters. The molecule has 4 rings (SSSR count). The van der Waals surface area contributed by atoms with Crippen molar-refractivity contribution >= 4 is 23.2 Å².